The number of anilines is 1. The van der Waals surface area contributed by atoms with Gasteiger partial charge < -0.3 is 5.73 Å². The van der Waals surface area contributed by atoms with Crippen molar-refractivity contribution < 1.29 is 0 Å². The lowest BCUT2D eigenvalue weighted by atomic mass is 9.98. The van der Waals surface area contributed by atoms with Gasteiger partial charge in [-0.3, -0.25) is 4.90 Å². The van der Waals surface area contributed by atoms with Crippen LogP contribution in [0.2, 0.25) is 0 Å². The molecule has 2 rings (SSSR count). The number of rotatable bonds is 3. The molecule has 1 unspecified atom stereocenters. The molecule has 0 saturated carbocycles. The van der Waals surface area contributed by atoms with Gasteiger partial charge in [0.05, 0.1) is 0 Å². The van der Waals surface area contributed by atoms with Crippen LogP contribution in [0.5, 0.6) is 0 Å². The minimum Gasteiger partial charge on any atom is -0.399 e. The zero-order chi connectivity index (χ0) is 11.7. The van der Waals surface area contributed by atoms with Gasteiger partial charge in [-0.1, -0.05) is 26.8 Å². The maximum absolute atomic E-state index is 5.81. The van der Waals surface area contributed by atoms with Crippen molar-refractivity contribution in [2.75, 3.05) is 12.3 Å². The molecule has 16 heavy (non-hydrogen) atoms. The first-order valence-electron chi connectivity index (χ1n) is 6.16. The van der Waals surface area contributed by atoms with Gasteiger partial charge in [0.2, 0.25) is 0 Å². The van der Waals surface area contributed by atoms with E-state index in [1.54, 1.807) is 0 Å². The Labute approximate surface area is 98.4 Å². The third-order valence-electron chi connectivity index (χ3n) is 3.70. The van der Waals surface area contributed by atoms with Gasteiger partial charge >= 0.3 is 0 Å². The van der Waals surface area contributed by atoms with Crippen molar-refractivity contribution in [3.05, 3.63) is 29.3 Å². The van der Waals surface area contributed by atoms with E-state index in [9.17, 15) is 0 Å². The van der Waals surface area contributed by atoms with Crippen molar-refractivity contribution >= 4 is 5.69 Å². The fourth-order valence-corrected chi connectivity index (χ4v) is 2.23. The summed E-state index contributed by atoms with van der Waals surface area (Å²) in [5.74, 6) is 1.51. The molecule has 1 atom stereocenters. The number of nitrogen functional groups attached to an aromatic ring is 1. The second-order valence-corrected chi connectivity index (χ2v) is 5.42. The molecule has 0 aliphatic carbocycles. The highest BCUT2D eigenvalue weighted by Gasteiger charge is 2.21. The number of fused-ring (bicyclic) bond motifs is 1. The van der Waals surface area contributed by atoms with E-state index in [-0.39, 0.29) is 0 Å². The fourth-order valence-electron chi connectivity index (χ4n) is 2.23. The van der Waals surface area contributed by atoms with Crippen LogP contribution in [0.1, 0.15) is 31.9 Å². The summed E-state index contributed by atoms with van der Waals surface area (Å²) in [6.07, 6.45) is 0. The lowest BCUT2D eigenvalue weighted by molar-refractivity contribution is 0.215. The van der Waals surface area contributed by atoms with Crippen LogP contribution in [0.15, 0.2) is 18.2 Å². The largest absolute Gasteiger partial charge is 0.399 e. The predicted octanol–water partition coefficient (Wildman–Crippen LogP) is 2.88. The van der Waals surface area contributed by atoms with Crippen molar-refractivity contribution in [2.45, 2.75) is 33.9 Å². The molecule has 0 spiro atoms. The Hall–Kier alpha value is -1.02. The lowest BCUT2D eigenvalue weighted by Crippen LogP contribution is -2.25. The second-order valence-electron chi connectivity index (χ2n) is 5.42. The van der Waals surface area contributed by atoms with Crippen molar-refractivity contribution in [3.63, 3.8) is 0 Å². The molecule has 1 aromatic carbocycles. The quantitative estimate of drug-likeness (QED) is 0.790. The molecule has 1 aliphatic heterocycles. The van der Waals surface area contributed by atoms with Gasteiger partial charge in [-0.2, -0.15) is 0 Å². The number of benzene rings is 1. The Morgan fingerprint density at radius 3 is 2.56 bits per heavy atom. The van der Waals surface area contributed by atoms with Crippen LogP contribution in [0.4, 0.5) is 5.69 Å². The standard InChI is InChI=1S/C14H22N2/c1-10(2)11(3)7-16-8-12-4-5-14(15)6-13(12)9-16/h4-6,10-11H,7-9,15H2,1-3H3. The average Bonchev–Trinajstić information content (AvgIpc) is 2.58. The smallest absolute Gasteiger partial charge is 0.0317 e. The molecule has 1 aliphatic rings. The molecule has 0 amide bonds. The highest BCUT2D eigenvalue weighted by atomic mass is 15.1. The molecular weight excluding hydrogens is 196 g/mol. The molecule has 2 N–H and O–H groups in total. The Balaban J connectivity index is 2.00. The third-order valence-corrected chi connectivity index (χ3v) is 3.70. The highest BCUT2D eigenvalue weighted by Crippen LogP contribution is 2.26. The molecule has 2 nitrogen and oxygen atoms in total. The van der Waals surface area contributed by atoms with Crippen LogP contribution in [-0.4, -0.2) is 11.4 Å². The van der Waals surface area contributed by atoms with Crippen molar-refractivity contribution in [2.24, 2.45) is 11.8 Å². The number of nitrogens with two attached hydrogens (primary N) is 1. The highest BCUT2D eigenvalue weighted by molar-refractivity contribution is 5.46. The topological polar surface area (TPSA) is 29.3 Å². The number of hydrogen-bond donors (Lipinski definition) is 1. The van der Waals surface area contributed by atoms with Gasteiger partial charge in [-0.05, 0) is 35.1 Å². The van der Waals surface area contributed by atoms with Crippen LogP contribution in [0, 0.1) is 11.8 Å². The predicted molar refractivity (Wildman–Crippen MR) is 69.0 cm³/mol. The summed E-state index contributed by atoms with van der Waals surface area (Å²) in [7, 11) is 0. The Morgan fingerprint density at radius 1 is 1.19 bits per heavy atom. The molecular formula is C14H22N2. The maximum Gasteiger partial charge on any atom is 0.0317 e. The van der Waals surface area contributed by atoms with Crippen LogP contribution >= 0.6 is 0 Å². The average molecular weight is 218 g/mol. The summed E-state index contributed by atoms with van der Waals surface area (Å²) in [4.78, 5) is 2.52. The first kappa shape index (κ1) is 11.5. The molecule has 2 heteroatoms. The van der Waals surface area contributed by atoms with Gasteiger partial charge in [0.25, 0.3) is 0 Å². The Morgan fingerprint density at radius 2 is 1.88 bits per heavy atom. The monoisotopic (exact) mass is 218 g/mol. The maximum atomic E-state index is 5.81. The minimum atomic E-state index is 0.756. The van der Waals surface area contributed by atoms with E-state index < -0.39 is 0 Å². The summed E-state index contributed by atoms with van der Waals surface area (Å²) in [5, 5.41) is 0. The zero-order valence-electron chi connectivity index (χ0n) is 10.5. The third kappa shape index (κ3) is 2.38. The van der Waals surface area contributed by atoms with E-state index in [0.29, 0.717) is 0 Å². The molecule has 0 aromatic heterocycles. The van der Waals surface area contributed by atoms with E-state index >= 15 is 0 Å². The zero-order valence-corrected chi connectivity index (χ0v) is 10.5. The van der Waals surface area contributed by atoms with E-state index in [0.717, 1.165) is 30.6 Å². The molecule has 1 heterocycles. The second kappa shape index (κ2) is 4.46. The van der Waals surface area contributed by atoms with Crippen LogP contribution in [-0.2, 0) is 13.1 Å². The van der Waals surface area contributed by atoms with E-state index in [1.165, 1.54) is 17.7 Å². The molecule has 0 bridgehead atoms. The summed E-state index contributed by atoms with van der Waals surface area (Å²) in [6, 6.07) is 6.30. The summed E-state index contributed by atoms with van der Waals surface area (Å²) >= 11 is 0. The van der Waals surface area contributed by atoms with Crippen molar-refractivity contribution in [1.29, 1.82) is 0 Å². The first-order chi connectivity index (χ1) is 7.56. The van der Waals surface area contributed by atoms with Crippen LogP contribution in [0.25, 0.3) is 0 Å². The van der Waals surface area contributed by atoms with Gasteiger partial charge in [0.1, 0.15) is 0 Å². The molecule has 0 saturated heterocycles. The molecule has 88 valence electrons. The van der Waals surface area contributed by atoms with Gasteiger partial charge in [-0.15, -0.1) is 0 Å². The Kier molecular flexibility index (Phi) is 3.20. The fraction of sp³-hybridized carbons (Fsp3) is 0.571. The van der Waals surface area contributed by atoms with Crippen LogP contribution in [0.3, 0.4) is 0 Å². The Bertz CT molecular complexity index is 371. The normalized spacial score (nSPS) is 17.8. The summed E-state index contributed by atoms with van der Waals surface area (Å²) in [5.41, 5.74) is 9.56. The molecule has 1 aromatic rings. The SMILES string of the molecule is CC(C)C(C)CN1Cc2ccc(N)cc2C1. The van der Waals surface area contributed by atoms with E-state index in [4.69, 9.17) is 5.73 Å². The van der Waals surface area contributed by atoms with Crippen molar-refractivity contribution in [3.8, 4) is 0 Å². The van der Waals surface area contributed by atoms with E-state index in [1.807, 2.05) is 6.07 Å². The first-order valence-corrected chi connectivity index (χ1v) is 6.16. The molecule has 0 radical (unpaired) electrons. The number of nitrogens with zero attached hydrogens (tertiary/aromatic N) is 1. The number of hydrogen-bond acceptors (Lipinski definition) is 2. The summed E-state index contributed by atoms with van der Waals surface area (Å²) < 4.78 is 0. The van der Waals surface area contributed by atoms with Gasteiger partial charge in [0, 0.05) is 25.3 Å². The molecule has 0 fully saturated rings. The van der Waals surface area contributed by atoms with Crippen LogP contribution < -0.4 is 5.73 Å². The lowest BCUT2D eigenvalue weighted by Gasteiger charge is -2.22. The minimum absolute atomic E-state index is 0.756. The summed E-state index contributed by atoms with van der Waals surface area (Å²) in [6.45, 7) is 10.3. The van der Waals surface area contributed by atoms with E-state index in [2.05, 4.69) is 37.8 Å². The van der Waals surface area contributed by atoms with Gasteiger partial charge in [0.15, 0.2) is 0 Å². The van der Waals surface area contributed by atoms with Crippen molar-refractivity contribution in [1.82, 2.24) is 4.90 Å². The van der Waals surface area contributed by atoms with Gasteiger partial charge in [-0.25, -0.2) is 0 Å².